The molecule has 3 rings (SSSR count). The Kier molecular flexibility index (Phi) is 6.48. The van der Waals surface area contributed by atoms with Crippen LogP contribution in [0.1, 0.15) is 58.3 Å². The maximum absolute atomic E-state index is 12.1. The zero-order valence-electron chi connectivity index (χ0n) is 15.3. The van der Waals surface area contributed by atoms with Crippen molar-refractivity contribution in [2.75, 3.05) is 29.9 Å². The number of amides is 1. The molecule has 6 nitrogen and oxygen atoms in total. The molecule has 1 saturated carbocycles. The second-order valence-corrected chi connectivity index (χ2v) is 7.53. The van der Waals surface area contributed by atoms with Crippen LogP contribution in [0.2, 0.25) is 0 Å². The maximum atomic E-state index is 12.1. The largest absolute Gasteiger partial charge is 0.369 e. The first kappa shape index (κ1) is 18.0. The molecule has 0 spiro atoms. The fraction of sp³-hybridized carbons (Fsp3) is 0.737. The van der Waals surface area contributed by atoms with E-state index in [9.17, 15) is 4.79 Å². The summed E-state index contributed by atoms with van der Waals surface area (Å²) < 4.78 is 0. The van der Waals surface area contributed by atoms with Crippen LogP contribution in [-0.2, 0) is 4.79 Å². The van der Waals surface area contributed by atoms with Crippen LogP contribution in [0.15, 0.2) is 12.4 Å². The van der Waals surface area contributed by atoms with E-state index in [1.165, 1.54) is 32.1 Å². The first-order valence-corrected chi connectivity index (χ1v) is 9.81. The molecule has 1 amide bonds. The van der Waals surface area contributed by atoms with Crippen molar-refractivity contribution < 1.29 is 4.79 Å². The van der Waals surface area contributed by atoms with Crippen molar-refractivity contribution in [3.8, 4) is 0 Å². The van der Waals surface area contributed by atoms with Gasteiger partial charge in [-0.25, -0.2) is 9.97 Å². The lowest BCUT2D eigenvalue weighted by molar-refractivity contribution is -0.121. The second kappa shape index (κ2) is 9.02. The summed E-state index contributed by atoms with van der Waals surface area (Å²) in [5.41, 5.74) is 0. The minimum absolute atomic E-state index is 0.138. The highest BCUT2D eigenvalue weighted by atomic mass is 16.1. The lowest BCUT2D eigenvalue weighted by atomic mass is 9.95. The molecular formula is C19H31N5O. The van der Waals surface area contributed by atoms with E-state index in [0.29, 0.717) is 24.9 Å². The number of piperidine rings is 1. The van der Waals surface area contributed by atoms with Crippen molar-refractivity contribution in [1.82, 2.24) is 15.3 Å². The number of anilines is 2. The van der Waals surface area contributed by atoms with Gasteiger partial charge in [-0.15, -0.1) is 0 Å². The summed E-state index contributed by atoms with van der Waals surface area (Å²) in [5.74, 6) is 2.63. The Hall–Kier alpha value is -1.85. The molecule has 1 aliphatic heterocycles. The van der Waals surface area contributed by atoms with Crippen LogP contribution in [0, 0.1) is 5.92 Å². The highest BCUT2D eigenvalue weighted by molar-refractivity contribution is 5.76. The van der Waals surface area contributed by atoms with Gasteiger partial charge in [0, 0.05) is 38.2 Å². The Labute approximate surface area is 150 Å². The van der Waals surface area contributed by atoms with Gasteiger partial charge in [0.2, 0.25) is 5.91 Å². The molecule has 0 aromatic carbocycles. The van der Waals surface area contributed by atoms with Crippen molar-refractivity contribution in [1.29, 1.82) is 0 Å². The molecule has 1 aromatic rings. The number of carbonyl (C=O) groups excluding carboxylic acids is 1. The van der Waals surface area contributed by atoms with E-state index >= 15 is 0 Å². The van der Waals surface area contributed by atoms with Crippen LogP contribution in [0.3, 0.4) is 0 Å². The van der Waals surface area contributed by atoms with Crippen molar-refractivity contribution >= 4 is 17.5 Å². The van der Waals surface area contributed by atoms with E-state index in [2.05, 4.69) is 32.4 Å². The number of rotatable bonds is 6. The van der Waals surface area contributed by atoms with Gasteiger partial charge in [-0.1, -0.05) is 26.2 Å². The smallest absolute Gasteiger partial charge is 0.221 e. The Morgan fingerprint density at radius 1 is 1.20 bits per heavy atom. The third-order valence-corrected chi connectivity index (χ3v) is 5.26. The zero-order valence-corrected chi connectivity index (χ0v) is 15.3. The fourth-order valence-corrected chi connectivity index (χ4v) is 3.87. The van der Waals surface area contributed by atoms with Crippen LogP contribution in [0.25, 0.3) is 0 Å². The summed E-state index contributed by atoms with van der Waals surface area (Å²) in [5, 5.41) is 6.42. The number of carbonyl (C=O) groups is 1. The molecular weight excluding hydrogens is 314 g/mol. The molecule has 1 saturated heterocycles. The van der Waals surface area contributed by atoms with Crippen LogP contribution in [0.4, 0.5) is 11.6 Å². The van der Waals surface area contributed by atoms with Crippen molar-refractivity contribution in [2.24, 2.45) is 5.92 Å². The highest BCUT2D eigenvalue weighted by Crippen LogP contribution is 2.22. The van der Waals surface area contributed by atoms with Gasteiger partial charge in [0.1, 0.15) is 18.0 Å². The normalized spacial score (nSPS) is 21.8. The van der Waals surface area contributed by atoms with Gasteiger partial charge < -0.3 is 15.5 Å². The van der Waals surface area contributed by atoms with Crippen molar-refractivity contribution in [2.45, 2.75) is 64.3 Å². The van der Waals surface area contributed by atoms with Crippen molar-refractivity contribution in [3.63, 3.8) is 0 Å². The summed E-state index contributed by atoms with van der Waals surface area (Å²) in [6, 6.07) is 2.38. The van der Waals surface area contributed by atoms with Crippen LogP contribution in [0.5, 0.6) is 0 Å². The van der Waals surface area contributed by atoms with E-state index in [1.807, 2.05) is 6.07 Å². The molecule has 2 N–H and O–H groups in total. The van der Waals surface area contributed by atoms with E-state index in [-0.39, 0.29) is 5.91 Å². The fourth-order valence-electron chi connectivity index (χ4n) is 3.87. The third-order valence-electron chi connectivity index (χ3n) is 5.26. The first-order valence-electron chi connectivity index (χ1n) is 9.81. The monoisotopic (exact) mass is 345 g/mol. The van der Waals surface area contributed by atoms with Crippen molar-refractivity contribution in [3.05, 3.63) is 12.4 Å². The van der Waals surface area contributed by atoms with Gasteiger partial charge >= 0.3 is 0 Å². The van der Waals surface area contributed by atoms with Gasteiger partial charge in [-0.2, -0.15) is 0 Å². The topological polar surface area (TPSA) is 70.2 Å². The average molecular weight is 345 g/mol. The molecule has 2 aliphatic rings. The second-order valence-electron chi connectivity index (χ2n) is 7.53. The Morgan fingerprint density at radius 3 is 2.84 bits per heavy atom. The van der Waals surface area contributed by atoms with Gasteiger partial charge in [0.05, 0.1) is 0 Å². The number of nitrogens with zero attached hydrogens (tertiary/aromatic N) is 3. The maximum Gasteiger partial charge on any atom is 0.221 e. The molecule has 1 aromatic heterocycles. The standard InChI is InChI=1S/C19H31N5O/c1-15-6-5-11-24(13-15)18-12-17(21-14-22-18)20-10-9-19(25)23-16-7-3-2-4-8-16/h12,14-16H,2-11,13H2,1H3,(H,23,25)(H,20,21,22). The molecule has 1 aliphatic carbocycles. The van der Waals surface area contributed by atoms with Gasteiger partial charge in [-0.05, 0) is 31.6 Å². The summed E-state index contributed by atoms with van der Waals surface area (Å²) in [4.78, 5) is 23.1. The predicted octanol–water partition coefficient (Wildman–Crippen LogP) is 2.96. The predicted molar refractivity (Wildman–Crippen MR) is 101 cm³/mol. The van der Waals surface area contributed by atoms with E-state index < -0.39 is 0 Å². The Bertz CT molecular complexity index is 559. The molecule has 2 fully saturated rings. The van der Waals surface area contributed by atoms with Crippen LogP contribution >= 0.6 is 0 Å². The molecule has 25 heavy (non-hydrogen) atoms. The average Bonchev–Trinajstić information content (AvgIpc) is 2.63. The number of nitrogens with one attached hydrogen (secondary N) is 2. The van der Waals surface area contributed by atoms with Gasteiger partial charge in [0.15, 0.2) is 0 Å². The lowest BCUT2D eigenvalue weighted by Crippen LogP contribution is -2.36. The summed E-state index contributed by atoms with van der Waals surface area (Å²) >= 11 is 0. The third kappa shape index (κ3) is 5.58. The van der Waals surface area contributed by atoms with Gasteiger partial charge in [-0.3, -0.25) is 4.79 Å². The SMILES string of the molecule is CC1CCCN(c2cc(NCCC(=O)NC3CCCCC3)ncn2)C1. The molecule has 1 unspecified atom stereocenters. The molecule has 0 bridgehead atoms. The van der Waals surface area contributed by atoms with Gasteiger partial charge in [0.25, 0.3) is 0 Å². The number of hydrogen-bond donors (Lipinski definition) is 2. The summed E-state index contributed by atoms with van der Waals surface area (Å²) in [7, 11) is 0. The summed E-state index contributed by atoms with van der Waals surface area (Å²) in [6.07, 6.45) is 10.6. The minimum atomic E-state index is 0.138. The highest BCUT2D eigenvalue weighted by Gasteiger charge is 2.18. The molecule has 138 valence electrons. The van der Waals surface area contributed by atoms with E-state index in [1.54, 1.807) is 6.33 Å². The minimum Gasteiger partial charge on any atom is -0.369 e. The molecule has 1 atom stereocenters. The number of hydrogen-bond acceptors (Lipinski definition) is 5. The quantitative estimate of drug-likeness (QED) is 0.829. The number of aromatic nitrogens is 2. The van der Waals surface area contributed by atoms with Crippen LogP contribution < -0.4 is 15.5 Å². The first-order chi connectivity index (χ1) is 12.2. The molecule has 0 radical (unpaired) electrons. The van der Waals surface area contributed by atoms with Crippen LogP contribution in [-0.4, -0.2) is 41.6 Å². The Balaban J connectivity index is 1.43. The van der Waals surface area contributed by atoms with E-state index in [4.69, 9.17) is 0 Å². The Morgan fingerprint density at radius 2 is 2.04 bits per heavy atom. The zero-order chi connectivity index (χ0) is 17.5. The van der Waals surface area contributed by atoms with E-state index in [0.717, 1.165) is 37.6 Å². The molecule has 2 heterocycles. The lowest BCUT2D eigenvalue weighted by Gasteiger charge is -2.31. The summed E-state index contributed by atoms with van der Waals surface area (Å²) in [6.45, 7) is 5.01. The molecule has 6 heteroatoms.